The first-order valence-corrected chi connectivity index (χ1v) is 8.01. The number of carbonyl (C=O) groups excluding carboxylic acids is 1. The largest absolute Gasteiger partial charge is 0.480 e. The summed E-state index contributed by atoms with van der Waals surface area (Å²) in [6.45, 7) is 1.88. The van der Waals surface area contributed by atoms with Crippen molar-refractivity contribution in [2.45, 2.75) is 26.3 Å². The SMILES string of the molecule is CC(C)CC(NS(C)(=O)=O)C(=O)N(CC(=O)O)CC(=O)O. The molecule has 0 fully saturated rings. The molecule has 0 aliphatic carbocycles. The van der Waals surface area contributed by atoms with Crippen LogP contribution in [0.4, 0.5) is 0 Å². The number of carbonyl (C=O) groups is 3. The number of nitrogens with zero attached hydrogens (tertiary/aromatic N) is 1. The van der Waals surface area contributed by atoms with Gasteiger partial charge in [-0.3, -0.25) is 14.4 Å². The zero-order valence-electron chi connectivity index (χ0n) is 12.1. The van der Waals surface area contributed by atoms with Gasteiger partial charge in [0.25, 0.3) is 0 Å². The first-order chi connectivity index (χ1) is 9.42. The van der Waals surface area contributed by atoms with E-state index >= 15 is 0 Å². The van der Waals surface area contributed by atoms with Crippen molar-refractivity contribution in [1.82, 2.24) is 9.62 Å². The van der Waals surface area contributed by atoms with Crippen molar-refractivity contribution < 1.29 is 33.0 Å². The van der Waals surface area contributed by atoms with E-state index in [4.69, 9.17) is 10.2 Å². The van der Waals surface area contributed by atoms with Crippen molar-refractivity contribution in [1.29, 1.82) is 0 Å². The summed E-state index contributed by atoms with van der Waals surface area (Å²) in [4.78, 5) is 34.2. The van der Waals surface area contributed by atoms with Gasteiger partial charge < -0.3 is 15.1 Å². The maximum absolute atomic E-state index is 12.2. The van der Waals surface area contributed by atoms with Gasteiger partial charge >= 0.3 is 11.9 Å². The Morgan fingerprint density at radius 3 is 1.81 bits per heavy atom. The van der Waals surface area contributed by atoms with Crippen LogP contribution in [0.1, 0.15) is 20.3 Å². The molecule has 0 aliphatic heterocycles. The van der Waals surface area contributed by atoms with Crippen LogP contribution in [0.2, 0.25) is 0 Å². The quantitative estimate of drug-likeness (QED) is 0.491. The summed E-state index contributed by atoms with van der Waals surface area (Å²) in [7, 11) is -3.70. The molecule has 0 aromatic carbocycles. The number of nitrogens with one attached hydrogen (secondary N) is 1. The monoisotopic (exact) mass is 324 g/mol. The van der Waals surface area contributed by atoms with Crippen molar-refractivity contribution in [2.24, 2.45) is 5.92 Å². The molecule has 1 unspecified atom stereocenters. The van der Waals surface area contributed by atoms with Crippen molar-refractivity contribution >= 4 is 27.9 Å². The van der Waals surface area contributed by atoms with Crippen LogP contribution in [0.15, 0.2) is 0 Å². The lowest BCUT2D eigenvalue weighted by Gasteiger charge is -2.25. The van der Waals surface area contributed by atoms with Gasteiger partial charge in [-0.2, -0.15) is 0 Å². The second kappa shape index (κ2) is 7.93. The molecule has 0 spiro atoms. The number of aliphatic carboxylic acids is 2. The molecule has 10 heteroatoms. The normalized spacial score (nSPS) is 13.0. The number of carboxylic acids is 2. The fourth-order valence-electron chi connectivity index (χ4n) is 1.69. The van der Waals surface area contributed by atoms with Crippen LogP contribution < -0.4 is 4.72 Å². The Morgan fingerprint density at radius 2 is 1.52 bits per heavy atom. The van der Waals surface area contributed by atoms with Crippen LogP contribution in [-0.4, -0.2) is 66.8 Å². The zero-order chi connectivity index (χ0) is 16.8. The number of hydrogen-bond acceptors (Lipinski definition) is 5. The highest BCUT2D eigenvalue weighted by molar-refractivity contribution is 7.88. The van der Waals surface area contributed by atoms with Gasteiger partial charge in [0, 0.05) is 0 Å². The molecule has 122 valence electrons. The smallest absolute Gasteiger partial charge is 0.323 e. The molecule has 0 radical (unpaired) electrons. The molecular weight excluding hydrogens is 304 g/mol. The fraction of sp³-hybridized carbons (Fsp3) is 0.727. The molecule has 21 heavy (non-hydrogen) atoms. The summed E-state index contributed by atoms with van der Waals surface area (Å²) in [6.07, 6.45) is 0.994. The Hall–Kier alpha value is -1.68. The standard InChI is InChI=1S/C11H20N2O7S/c1-7(2)4-8(12-21(3,19)20)11(18)13(5-9(14)15)6-10(16)17/h7-8,12H,4-6H2,1-3H3,(H,14,15)(H,16,17). The van der Waals surface area contributed by atoms with Gasteiger partial charge in [0.2, 0.25) is 15.9 Å². The number of carboxylic acid groups (broad SMARTS) is 2. The van der Waals surface area contributed by atoms with Crippen LogP contribution in [-0.2, 0) is 24.4 Å². The maximum atomic E-state index is 12.2. The third kappa shape index (κ3) is 8.97. The highest BCUT2D eigenvalue weighted by atomic mass is 32.2. The predicted octanol–water partition coefficient (Wildman–Crippen LogP) is -1.05. The first-order valence-electron chi connectivity index (χ1n) is 6.12. The van der Waals surface area contributed by atoms with Gasteiger partial charge in [-0.15, -0.1) is 0 Å². The molecule has 3 N–H and O–H groups in total. The van der Waals surface area contributed by atoms with Crippen molar-refractivity contribution in [3.8, 4) is 0 Å². The van der Waals surface area contributed by atoms with Crippen LogP contribution in [0.5, 0.6) is 0 Å². The fourth-order valence-corrected chi connectivity index (χ4v) is 2.40. The second-order valence-corrected chi connectivity index (χ2v) is 6.83. The van der Waals surface area contributed by atoms with E-state index in [1.54, 1.807) is 13.8 Å². The van der Waals surface area contributed by atoms with Crippen molar-refractivity contribution in [3.63, 3.8) is 0 Å². The van der Waals surface area contributed by atoms with Gasteiger partial charge in [0.05, 0.1) is 6.26 Å². The average molecular weight is 324 g/mol. The maximum Gasteiger partial charge on any atom is 0.323 e. The Kier molecular flexibility index (Phi) is 7.30. The Labute approximate surface area is 123 Å². The molecule has 0 aromatic heterocycles. The molecule has 0 saturated carbocycles. The lowest BCUT2D eigenvalue weighted by molar-refractivity contribution is -0.150. The van der Waals surface area contributed by atoms with E-state index in [1.807, 2.05) is 0 Å². The van der Waals surface area contributed by atoms with Crippen LogP contribution in [0, 0.1) is 5.92 Å². The molecule has 1 amide bonds. The molecule has 0 saturated heterocycles. The van der Waals surface area contributed by atoms with Crippen LogP contribution in [0.25, 0.3) is 0 Å². The van der Waals surface area contributed by atoms with E-state index < -0.39 is 47.0 Å². The molecule has 0 heterocycles. The van der Waals surface area contributed by atoms with E-state index in [0.29, 0.717) is 4.90 Å². The van der Waals surface area contributed by atoms with Gasteiger partial charge in [-0.25, -0.2) is 13.1 Å². The summed E-state index contributed by atoms with van der Waals surface area (Å²) in [5.74, 6) is -3.69. The zero-order valence-corrected chi connectivity index (χ0v) is 12.9. The second-order valence-electron chi connectivity index (χ2n) is 5.05. The van der Waals surface area contributed by atoms with E-state index in [2.05, 4.69) is 4.72 Å². The summed E-state index contributed by atoms with van der Waals surface area (Å²) in [6, 6.07) is -1.20. The number of amides is 1. The van der Waals surface area contributed by atoms with Gasteiger partial charge in [-0.05, 0) is 12.3 Å². The number of hydrogen-bond donors (Lipinski definition) is 3. The summed E-state index contributed by atoms with van der Waals surface area (Å²) >= 11 is 0. The van der Waals surface area contributed by atoms with E-state index in [1.165, 1.54) is 0 Å². The minimum Gasteiger partial charge on any atom is -0.480 e. The van der Waals surface area contributed by atoms with Crippen LogP contribution in [0.3, 0.4) is 0 Å². The number of sulfonamides is 1. The summed E-state index contributed by atoms with van der Waals surface area (Å²) in [5.41, 5.74) is 0. The topological polar surface area (TPSA) is 141 Å². The Bertz CT molecular complexity index is 485. The average Bonchev–Trinajstić information content (AvgIpc) is 2.22. The van der Waals surface area contributed by atoms with Gasteiger partial charge in [0.15, 0.2) is 0 Å². The minimum atomic E-state index is -3.70. The Balaban J connectivity index is 5.25. The van der Waals surface area contributed by atoms with Crippen molar-refractivity contribution in [3.05, 3.63) is 0 Å². The third-order valence-corrected chi connectivity index (χ3v) is 3.04. The van der Waals surface area contributed by atoms with Crippen molar-refractivity contribution in [2.75, 3.05) is 19.3 Å². The molecule has 1 atom stereocenters. The van der Waals surface area contributed by atoms with E-state index in [-0.39, 0.29) is 12.3 Å². The molecule has 0 aliphatic rings. The molecule has 9 nitrogen and oxygen atoms in total. The van der Waals surface area contributed by atoms with E-state index in [9.17, 15) is 22.8 Å². The van der Waals surface area contributed by atoms with Gasteiger partial charge in [0.1, 0.15) is 19.1 Å². The highest BCUT2D eigenvalue weighted by Gasteiger charge is 2.29. The van der Waals surface area contributed by atoms with E-state index in [0.717, 1.165) is 6.26 Å². The van der Waals surface area contributed by atoms with Gasteiger partial charge in [-0.1, -0.05) is 13.8 Å². The molecule has 0 rings (SSSR count). The molecule has 0 bridgehead atoms. The summed E-state index contributed by atoms with van der Waals surface area (Å²) < 4.78 is 24.7. The number of rotatable bonds is 9. The molecular formula is C11H20N2O7S. The highest BCUT2D eigenvalue weighted by Crippen LogP contribution is 2.09. The minimum absolute atomic E-state index is 0.0512. The predicted molar refractivity (Wildman–Crippen MR) is 73.1 cm³/mol. The van der Waals surface area contributed by atoms with Crippen LogP contribution >= 0.6 is 0 Å². The lowest BCUT2D eigenvalue weighted by atomic mass is 10.0. The first kappa shape index (κ1) is 19.3. The lowest BCUT2D eigenvalue weighted by Crippen LogP contribution is -2.51. The third-order valence-electron chi connectivity index (χ3n) is 2.33. The molecule has 0 aromatic rings. The Morgan fingerprint density at radius 1 is 1.10 bits per heavy atom. The summed E-state index contributed by atoms with van der Waals surface area (Å²) in [5, 5.41) is 17.4.